The van der Waals surface area contributed by atoms with Gasteiger partial charge in [0.15, 0.2) is 0 Å². The lowest BCUT2D eigenvalue weighted by molar-refractivity contribution is 0.498. The van der Waals surface area contributed by atoms with E-state index in [1.807, 2.05) is 6.20 Å². The van der Waals surface area contributed by atoms with E-state index in [1.165, 1.54) is 11.3 Å². The molecule has 5 rings (SSSR count). The molecule has 25 heavy (non-hydrogen) atoms. The summed E-state index contributed by atoms with van der Waals surface area (Å²) in [5, 5.41) is 11.9. The minimum Gasteiger partial charge on any atom is -0.369 e. The number of piperidine rings is 1. The molecule has 0 spiro atoms. The van der Waals surface area contributed by atoms with Gasteiger partial charge in [0, 0.05) is 46.9 Å². The number of fused-ring (bicyclic) bond motifs is 2. The van der Waals surface area contributed by atoms with Crippen LogP contribution in [-0.4, -0.2) is 34.4 Å². The van der Waals surface area contributed by atoms with Crippen molar-refractivity contribution < 1.29 is 0 Å². The third-order valence-electron chi connectivity index (χ3n) is 6.30. The van der Waals surface area contributed by atoms with Crippen molar-refractivity contribution in [2.75, 3.05) is 25.0 Å². The normalized spacial score (nSPS) is 28.8. The number of pyridine rings is 1. The number of anilines is 1. The Hall–Kier alpha value is -1.88. The maximum Gasteiger partial charge on any atom is 0.129 e. The number of hydrogen-bond donors (Lipinski definition) is 2. The first-order chi connectivity index (χ1) is 12.0. The van der Waals surface area contributed by atoms with Gasteiger partial charge in [-0.05, 0) is 50.9 Å². The molecular weight excluding hydrogens is 310 g/mol. The van der Waals surface area contributed by atoms with Crippen LogP contribution in [-0.2, 0) is 5.41 Å². The van der Waals surface area contributed by atoms with Gasteiger partial charge in [0.2, 0.25) is 0 Å². The highest BCUT2D eigenvalue weighted by atomic mass is 15.3. The second kappa shape index (κ2) is 5.07. The molecule has 5 nitrogen and oxygen atoms in total. The molecule has 132 valence electrons. The van der Waals surface area contributed by atoms with Gasteiger partial charge in [-0.1, -0.05) is 13.8 Å². The molecule has 2 aromatic rings. The summed E-state index contributed by atoms with van der Waals surface area (Å²) in [6, 6.07) is 4.99. The van der Waals surface area contributed by atoms with E-state index in [9.17, 15) is 0 Å². The SMILES string of the molecule is CC(C)n1nc(-c2cnc3c(c2)C(C)(C)CN3)cc1C1[C@H]2CNC[C@@H]12. The summed E-state index contributed by atoms with van der Waals surface area (Å²) in [5.41, 5.74) is 5.05. The number of aromatic nitrogens is 3. The zero-order valence-electron chi connectivity index (χ0n) is 15.5. The Balaban J connectivity index is 1.55. The zero-order valence-corrected chi connectivity index (χ0v) is 15.5. The summed E-state index contributed by atoms with van der Waals surface area (Å²) in [6.07, 6.45) is 1.97. The van der Waals surface area contributed by atoms with Crippen molar-refractivity contribution in [3.63, 3.8) is 0 Å². The molecule has 4 heterocycles. The van der Waals surface area contributed by atoms with Crippen LogP contribution in [0.1, 0.15) is 50.9 Å². The number of nitrogens with zero attached hydrogens (tertiary/aromatic N) is 3. The highest BCUT2D eigenvalue weighted by molar-refractivity contribution is 5.66. The van der Waals surface area contributed by atoms with Crippen LogP contribution < -0.4 is 10.6 Å². The van der Waals surface area contributed by atoms with Gasteiger partial charge < -0.3 is 10.6 Å². The predicted octanol–water partition coefficient (Wildman–Crippen LogP) is 3.16. The summed E-state index contributed by atoms with van der Waals surface area (Å²) >= 11 is 0. The Morgan fingerprint density at radius 1 is 1.20 bits per heavy atom. The molecule has 3 aliphatic rings. The minimum atomic E-state index is 0.126. The van der Waals surface area contributed by atoms with Crippen molar-refractivity contribution in [3.05, 3.63) is 29.6 Å². The van der Waals surface area contributed by atoms with E-state index in [0.29, 0.717) is 12.0 Å². The van der Waals surface area contributed by atoms with Crippen LogP contribution in [0.5, 0.6) is 0 Å². The van der Waals surface area contributed by atoms with Crippen molar-refractivity contribution in [3.8, 4) is 11.3 Å². The number of rotatable bonds is 3. The maximum absolute atomic E-state index is 4.98. The third kappa shape index (κ3) is 2.25. The lowest BCUT2D eigenvalue weighted by Gasteiger charge is -2.16. The van der Waals surface area contributed by atoms with Gasteiger partial charge in [-0.15, -0.1) is 0 Å². The maximum atomic E-state index is 4.98. The molecule has 1 saturated heterocycles. The van der Waals surface area contributed by atoms with Crippen LogP contribution >= 0.6 is 0 Å². The average Bonchev–Trinajstić information content (AvgIpc) is 3.00. The van der Waals surface area contributed by atoms with Crippen LogP contribution in [0, 0.1) is 11.8 Å². The van der Waals surface area contributed by atoms with Gasteiger partial charge in [0.1, 0.15) is 5.82 Å². The Labute approximate surface area is 149 Å². The fraction of sp³-hybridized carbons (Fsp3) is 0.600. The van der Waals surface area contributed by atoms with E-state index in [4.69, 9.17) is 5.10 Å². The van der Waals surface area contributed by atoms with Crippen molar-refractivity contribution in [2.45, 2.75) is 45.1 Å². The topological polar surface area (TPSA) is 54.8 Å². The molecule has 0 aromatic carbocycles. The Kier molecular flexibility index (Phi) is 3.12. The first-order valence-electron chi connectivity index (χ1n) is 9.50. The van der Waals surface area contributed by atoms with Gasteiger partial charge in [-0.2, -0.15) is 5.10 Å². The second-order valence-corrected chi connectivity index (χ2v) is 8.86. The smallest absolute Gasteiger partial charge is 0.129 e. The van der Waals surface area contributed by atoms with E-state index >= 15 is 0 Å². The monoisotopic (exact) mass is 337 g/mol. The molecule has 1 unspecified atom stereocenters. The molecule has 2 aliphatic heterocycles. The molecule has 0 radical (unpaired) electrons. The average molecular weight is 337 g/mol. The standard InChI is InChI=1S/C20H27N5/c1-11(2)25-17(18-13-8-21-9-14(13)18)6-16(24-25)12-5-15-19(22-7-12)23-10-20(15,3)4/h5-7,11,13-14,18,21H,8-10H2,1-4H3,(H,22,23)/t13-,14+,18?. The van der Waals surface area contributed by atoms with Crippen LogP contribution in [0.4, 0.5) is 5.82 Å². The van der Waals surface area contributed by atoms with E-state index in [0.717, 1.165) is 48.5 Å². The van der Waals surface area contributed by atoms with Gasteiger partial charge in [0.25, 0.3) is 0 Å². The fourth-order valence-electron chi connectivity index (χ4n) is 4.73. The molecule has 2 fully saturated rings. The molecule has 2 aromatic heterocycles. The van der Waals surface area contributed by atoms with Gasteiger partial charge >= 0.3 is 0 Å². The molecule has 5 heteroatoms. The molecule has 3 atom stereocenters. The second-order valence-electron chi connectivity index (χ2n) is 8.86. The van der Waals surface area contributed by atoms with Crippen LogP contribution in [0.15, 0.2) is 18.3 Å². The van der Waals surface area contributed by atoms with E-state index in [-0.39, 0.29) is 5.41 Å². The van der Waals surface area contributed by atoms with E-state index in [2.05, 4.69) is 60.1 Å². The third-order valence-corrected chi connectivity index (χ3v) is 6.30. The van der Waals surface area contributed by atoms with Crippen molar-refractivity contribution >= 4 is 5.82 Å². The molecule has 2 N–H and O–H groups in total. The van der Waals surface area contributed by atoms with Crippen LogP contribution in [0.3, 0.4) is 0 Å². The highest BCUT2D eigenvalue weighted by Gasteiger charge is 2.55. The van der Waals surface area contributed by atoms with E-state index in [1.54, 1.807) is 0 Å². The lowest BCUT2D eigenvalue weighted by Crippen LogP contribution is -2.18. The van der Waals surface area contributed by atoms with Crippen LogP contribution in [0.25, 0.3) is 11.3 Å². The quantitative estimate of drug-likeness (QED) is 0.903. The molecule has 1 aliphatic carbocycles. The molecule has 0 amide bonds. The molecule has 1 saturated carbocycles. The van der Waals surface area contributed by atoms with Crippen molar-refractivity contribution in [1.82, 2.24) is 20.1 Å². The zero-order chi connectivity index (χ0) is 17.3. The Bertz CT molecular complexity index is 825. The van der Waals surface area contributed by atoms with Crippen LogP contribution in [0.2, 0.25) is 0 Å². The summed E-state index contributed by atoms with van der Waals surface area (Å²) < 4.78 is 2.24. The number of hydrogen-bond acceptors (Lipinski definition) is 4. The first-order valence-corrected chi connectivity index (χ1v) is 9.50. The summed E-state index contributed by atoms with van der Waals surface area (Å²) in [4.78, 5) is 4.66. The number of nitrogens with one attached hydrogen (secondary N) is 2. The summed E-state index contributed by atoms with van der Waals surface area (Å²) in [6.45, 7) is 12.3. The lowest BCUT2D eigenvalue weighted by atomic mass is 9.87. The van der Waals surface area contributed by atoms with E-state index < -0.39 is 0 Å². The Morgan fingerprint density at radius 2 is 1.96 bits per heavy atom. The van der Waals surface area contributed by atoms with Gasteiger partial charge in [-0.25, -0.2) is 4.98 Å². The van der Waals surface area contributed by atoms with Gasteiger partial charge in [-0.3, -0.25) is 4.68 Å². The minimum absolute atomic E-state index is 0.126. The largest absolute Gasteiger partial charge is 0.369 e. The van der Waals surface area contributed by atoms with Crippen molar-refractivity contribution in [1.29, 1.82) is 0 Å². The van der Waals surface area contributed by atoms with Crippen molar-refractivity contribution in [2.24, 2.45) is 11.8 Å². The Morgan fingerprint density at radius 3 is 2.68 bits per heavy atom. The summed E-state index contributed by atoms with van der Waals surface area (Å²) in [7, 11) is 0. The predicted molar refractivity (Wildman–Crippen MR) is 99.9 cm³/mol. The molecule has 0 bridgehead atoms. The van der Waals surface area contributed by atoms with Gasteiger partial charge in [0.05, 0.1) is 5.69 Å². The fourth-order valence-corrected chi connectivity index (χ4v) is 4.73. The molecular formula is C20H27N5. The summed E-state index contributed by atoms with van der Waals surface area (Å²) in [5.74, 6) is 3.33. The highest BCUT2D eigenvalue weighted by Crippen LogP contribution is 2.56. The first kappa shape index (κ1) is 15.4.